The number of benzene rings is 3. The molecule has 1 amide bonds. The number of anilines is 1. The third kappa shape index (κ3) is 7.73. The number of para-hydroxylation sites is 1. The number of likely N-dealkylation sites (tertiary alicyclic amines) is 1. The van der Waals surface area contributed by atoms with Crippen molar-refractivity contribution in [3.8, 4) is 17.2 Å². The molecule has 0 spiro atoms. The van der Waals surface area contributed by atoms with E-state index in [2.05, 4.69) is 18.7 Å². The number of hydrogen-bond donors (Lipinski definition) is 1. The van der Waals surface area contributed by atoms with Crippen molar-refractivity contribution in [2.75, 3.05) is 31.9 Å². The second-order valence-electron chi connectivity index (χ2n) is 12.7. The number of hydrogen-bond acceptors (Lipinski definition) is 6. The lowest BCUT2D eigenvalue weighted by Gasteiger charge is -2.35. The van der Waals surface area contributed by atoms with Crippen LogP contribution in [0.15, 0.2) is 60.7 Å². The van der Waals surface area contributed by atoms with Gasteiger partial charge >= 0.3 is 5.97 Å². The van der Waals surface area contributed by atoms with E-state index in [0.29, 0.717) is 35.7 Å². The minimum Gasteiger partial charge on any atom is -0.496 e. The van der Waals surface area contributed by atoms with Gasteiger partial charge in [0.1, 0.15) is 11.6 Å². The van der Waals surface area contributed by atoms with Crippen molar-refractivity contribution in [3.05, 3.63) is 83.2 Å². The topological polar surface area (TPSA) is 88.5 Å². The van der Waals surface area contributed by atoms with Crippen molar-refractivity contribution < 1.29 is 33.3 Å². The van der Waals surface area contributed by atoms with E-state index >= 15 is 0 Å². The maximum absolute atomic E-state index is 14.5. The predicted molar refractivity (Wildman–Crippen MR) is 180 cm³/mol. The van der Waals surface area contributed by atoms with E-state index in [9.17, 15) is 19.1 Å². The van der Waals surface area contributed by atoms with Crippen LogP contribution in [0.1, 0.15) is 75.0 Å². The number of carbonyl (C=O) groups excluding carboxylic acids is 1. The number of nitrogens with zero attached hydrogens (tertiary/aromatic N) is 2. The zero-order valence-electron chi connectivity index (χ0n) is 27.9. The molecule has 1 saturated heterocycles. The number of carboxylic acids is 1. The van der Waals surface area contributed by atoms with Crippen molar-refractivity contribution in [1.82, 2.24) is 4.90 Å². The maximum atomic E-state index is 14.5. The summed E-state index contributed by atoms with van der Waals surface area (Å²) in [5.74, 6) is -0.329. The van der Waals surface area contributed by atoms with Crippen LogP contribution < -0.4 is 19.1 Å². The summed E-state index contributed by atoms with van der Waals surface area (Å²) in [6, 6.07) is 17.9. The summed E-state index contributed by atoms with van der Waals surface area (Å²) in [5, 5.41) is 10.7. The van der Waals surface area contributed by atoms with Gasteiger partial charge in [-0.3, -0.25) is 14.5 Å². The quantitative estimate of drug-likeness (QED) is 0.185. The van der Waals surface area contributed by atoms with E-state index in [-0.39, 0.29) is 43.1 Å². The summed E-state index contributed by atoms with van der Waals surface area (Å²) >= 11 is 0. The number of carboxylic acid groups (broad SMARTS) is 1. The Hall–Kier alpha value is -4.11. The second kappa shape index (κ2) is 15.7. The minimum absolute atomic E-state index is 0.0473. The lowest BCUT2D eigenvalue weighted by atomic mass is 9.83. The molecule has 0 aromatic heterocycles. The Bertz CT molecular complexity index is 1540. The Balaban J connectivity index is 1.47. The van der Waals surface area contributed by atoms with E-state index in [4.69, 9.17) is 14.2 Å². The monoisotopic (exact) mass is 646 g/mol. The number of halogens is 1. The zero-order valence-corrected chi connectivity index (χ0v) is 27.9. The van der Waals surface area contributed by atoms with E-state index in [1.807, 2.05) is 47.4 Å². The van der Waals surface area contributed by atoms with Gasteiger partial charge in [0.15, 0.2) is 11.5 Å². The molecule has 47 heavy (non-hydrogen) atoms. The molecule has 3 unspecified atom stereocenters. The van der Waals surface area contributed by atoms with Gasteiger partial charge in [-0.25, -0.2) is 4.39 Å². The zero-order chi connectivity index (χ0) is 33.5. The number of ether oxygens (including phenoxy) is 3. The van der Waals surface area contributed by atoms with Crippen molar-refractivity contribution in [3.63, 3.8) is 0 Å². The molecule has 8 nitrogen and oxygen atoms in total. The molecule has 0 aliphatic carbocycles. The van der Waals surface area contributed by atoms with Crippen LogP contribution in [0.3, 0.4) is 0 Å². The molecule has 0 saturated carbocycles. The minimum atomic E-state index is -0.884. The molecule has 9 heteroatoms. The number of aliphatic carboxylic acids is 1. The van der Waals surface area contributed by atoms with Gasteiger partial charge in [-0.05, 0) is 92.1 Å². The molecule has 2 heterocycles. The molecule has 2 aliphatic rings. The fourth-order valence-electron chi connectivity index (χ4n) is 7.40. The fourth-order valence-corrected chi connectivity index (χ4v) is 7.40. The first-order chi connectivity index (χ1) is 22.7. The van der Waals surface area contributed by atoms with Gasteiger partial charge < -0.3 is 24.2 Å². The summed E-state index contributed by atoms with van der Waals surface area (Å²) in [4.78, 5) is 31.4. The largest absolute Gasteiger partial charge is 0.496 e. The lowest BCUT2D eigenvalue weighted by molar-refractivity contribution is -0.143. The van der Waals surface area contributed by atoms with Gasteiger partial charge in [0, 0.05) is 30.2 Å². The van der Waals surface area contributed by atoms with Crippen molar-refractivity contribution >= 4 is 17.6 Å². The summed E-state index contributed by atoms with van der Waals surface area (Å²) in [5.41, 5.74) is 3.08. The predicted octanol–water partition coefficient (Wildman–Crippen LogP) is 7.36. The molecule has 3 atom stereocenters. The normalized spacial score (nSPS) is 18.9. The first-order valence-electron chi connectivity index (χ1n) is 16.8. The molecule has 1 fully saturated rings. The Morgan fingerprint density at radius 2 is 1.79 bits per heavy atom. The van der Waals surface area contributed by atoms with Crippen LogP contribution in [0.5, 0.6) is 17.2 Å². The Morgan fingerprint density at radius 1 is 1.04 bits per heavy atom. The molecule has 2 aliphatic heterocycles. The van der Waals surface area contributed by atoms with Gasteiger partial charge in [-0.2, -0.15) is 0 Å². The number of methoxy groups -OCH3 is 1. The molecular formula is C38H47FN2O6. The number of aryl methyl sites for hydroxylation is 2. The van der Waals surface area contributed by atoms with Crippen molar-refractivity contribution in [1.29, 1.82) is 0 Å². The van der Waals surface area contributed by atoms with E-state index in [1.54, 1.807) is 26.2 Å². The first-order valence-corrected chi connectivity index (χ1v) is 16.8. The fraction of sp³-hybridized carbons (Fsp3) is 0.474. The Kier molecular flexibility index (Phi) is 11.4. The average Bonchev–Trinajstić information content (AvgIpc) is 3.67. The van der Waals surface area contributed by atoms with Gasteiger partial charge in [0.05, 0.1) is 19.6 Å². The SMILES string of the molecule is CCCC(CCC)N(C(=O)CN1CC(c2ccc3c(c2)OCO3)C(C(=O)O)C1CCCc1ccccc1OC)c1ccc(F)c(C)c1. The van der Waals surface area contributed by atoms with Crippen LogP contribution in [0.2, 0.25) is 0 Å². The van der Waals surface area contributed by atoms with E-state index < -0.39 is 11.9 Å². The molecular weight excluding hydrogens is 599 g/mol. The highest BCUT2D eigenvalue weighted by atomic mass is 19.1. The molecule has 0 bridgehead atoms. The van der Waals surface area contributed by atoms with Gasteiger partial charge in [0.2, 0.25) is 12.7 Å². The molecule has 3 aromatic rings. The van der Waals surface area contributed by atoms with Crippen molar-refractivity contribution in [2.24, 2.45) is 5.92 Å². The first kappa shape index (κ1) is 34.2. The molecule has 3 aromatic carbocycles. The highest BCUT2D eigenvalue weighted by Gasteiger charge is 2.47. The standard InChI is InChI=1S/C38H47FN2O6/c1-5-10-28(11-6-2)41(29-17-18-31(39)25(3)20-29)36(42)23-40-22-30(27-16-19-34-35(21-27)47-24-46-34)37(38(43)44)32(40)14-9-13-26-12-7-8-15-33(26)45-4/h7-8,12,15-21,28,30,32,37H,5-6,9-11,13-14,22-24H2,1-4H3,(H,43,44). The van der Waals surface area contributed by atoms with Gasteiger partial charge in [-0.1, -0.05) is 51.0 Å². The highest BCUT2D eigenvalue weighted by Crippen LogP contribution is 2.43. The van der Waals surface area contributed by atoms with Crippen LogP contribution >= 0.6 is 0 Å². The number of rotatable bonds is 15. The molecule has 252 valence electrons. The van der Waals surface area contributed by atoms with Crippen LogP contribution in [-0.2, 0) is 16.0 Å². The lowest BCUT2D eigenvalue weighted by Crippen LogP contribution is -2.48. The summed E-state index contributed by atoms with van der Waals surface area (Å²) in [7, 11) is 1.65. The van der Waals surface area contributed by atoms with Crippen LogP contribution in [0.4, 0.5) is 10.1 Å². The summed E-state index contributed by atoms with van der Waals surface area (Å²) in [6.07, 6.45) is 5.47. The van der Waals surface area contributed by atoms with Crippen LogP contribution in [0.25, 0.3) is 0 Å². The summed E-state index contributed by atoms with van der Waals surface area (Å²) in [6.45, 7) is 6.52. The second-order valence-corrected chi connectivity index (χ2v) is 12.7. The highest BCUT2D eigenvalue weighted by molar-refractivity contribution is 5.95. The third-order valence-corrected chi connectivity index (χ3v) is 9.63. The Morgan fingerprint density at radius 3 is 2.49 bits per heavy atom. The average molecular weight is 647 g/mol. The Labute approximate surface area is 277 Å². The number of fused-ring (bicyclic) bond motifs is 1. The van der Waals surface area contributed by atoms with E-state index in [0.717, 1.165) is 55.4 Å². The van der Waals surface area contributed by atoms with Crippen molar-refractivity contribution in [2.45, 2.75) is 83.7 Å². The van der Waals surface area contributed by atoms with Crippen LogP contribution in [0, 0.1) is 18.7 Å². The summed E-state index contributed by atoms with van der Waals surface area (Å²) < 4.78 is 31.0. The molecule has 1 N–H and O–H groups in total. The number of amides is 1. The number of carbonyl (C=O) groups is 2. The maximum Gasteiger partial charge on any atom is 0.308 e. The van der Waals surface area contributed by atoms with Gasteiger partial charge in [0.25, 0.3) is 0 Å². The van der Waals surface area contributed by atoms with E-state index in [1.165, 1.54) is 6.07 Å². The molecule has 5 rings (SSSR count). The van der Waals surface area contributed by atoms with Crippen LogP contribution in [-0.4, -0.2) is 61.0 Å². The third-order valence-electron chi connectivity index (χ3n) is 9.63. The van der Waals surface area contributed by atoms with Gasteiger partial charge in [-0.15, -0.1) is 0 Å². The smallest absolute Gasteiger partial charge is 0.308 e. The molecule has 0 radical (unpaired) electrons.